The van der Waals surface area contributed by atoms with Crippen molar-refractivity contribution >= 4 is 48.0 Å². The third kappa shape index (κ3) is 8.08. The number of nitrogens with one attached hydrogen (secondary N) is 1. The number of methoxy groups -OCH3 is 2. The molecule has 7 rings (SSSR count). The minimum atomic E-state index is -2.56. The molecule has 0 unspecified atom stereocenters. The summed E-state index contributed by atoms with van der Waals surface area (Å²) in [7, 11) is 0.684. The highest BCUT2D eigenvalue weighted by molar-refractivity contribution is 6.91. The first-order valence-electron chi connectivity index (χ1n) is 19.9. The molecule has 3 amide bonds. The molecule has 0 saturated carbocycles. The summed E-state index contributed by atoms with van der Waals surface area (Å²) in [5.74, 6) is 0.377. The van der Waals surface area contributed by atoms with E-state index in [2.05, 4.69) is 37.5 Å². The molecule has 5 aromatic rings. The van der Waals surface area contributed by atoms with Crippen molar-refractivity contribution in [1.82, 2.24) is 4.90 Å². The van der Waals surface area contributed by atoms with Crippen LogP contribution in [0.15, 0.2) is 121 Å². The molecule has 1 spiro atoms. The van der Waals surface area contributed by atoms with E-state index in [0.717, 1.165) is 22.1 Å². The number of hydrogen-bond donors (Lipinski definition) is 3. The van der Waals surface area contributed by atoms with E-state index in [4.69, 9.17) is 19.9 Å². The molecule has 11 nitrogen and oxygen atoms in total. The molecule has 2 aliphatic rings. The summed E-state index contributed by atoms with van der Waals surface area (Å²) in [6.45, 7) is 7.22. The molecule has 306 valence electrons. The molecule has 1 fully saturated rings. The number of aliphatic hydroxyl groups excluding tert-OH is 1. The second-order valence-corrected chi connectivity index (χ2v) is 20.6. The Bertz CT molecular complexity index is 2290. The number of benzene rings is 5. The summed E-state index contributed by atoms with van der Waals surface area (Å²) in [5.41, 5.74) is 9.10. The molecule has 0 aromatic heterocycles. The average Bonchev–Trinajstić information content (AvgIpc) is 3.67. The number of nitrogen functional groups attached to an aromatic ring is 1. The van der Waals surface area contributed by atoms with E-state index < -0.39 is 19.8 Å². The molecule has 4 N–H and O–H groups in total. The van der Waals surface area contributed by atoms with Gasteiger partial charge >= 0.3 is 0 Å². The number of ether oxygens (including phenoxy) is 3. The van der Waals surface area contributed by atoms with E-state index in [9.17, 15) is 14.7 Å². The van der Waals surface area contributed by atoms with Crippen molar-refractivity contribution in [2.24, 2.45) is 5.92 Å². The fraction of sp³-hybridized carbons (Fsp3) is 0.298. The Morgan fingerprint density at radius 2 is 1.54 bits per heavy atom. The highest BCUT2D eigenvalue weighted by Crippen LogP contribution is 2.60. The summed E-state index contributed by atoms with van der Waals surface area (Å²) in [5, 5.41) is 14.1. The lowest BCUT2D eigenvalue weighted by Crippen LogP contribution is -2.52. The zero-order valence-corrected chi connectivity index (χ0v) is 35.2. The number of anilines is 3. The van der Waals surface area contributed by atoms with Crippen LogP contribution in [0.1, 0.15) is 40.4 Å². The van der Waals surface area contributed by atoms with Crippen molar-refractivity contribution in [3.63, 3.8) is 0 Å². The van der Waals surface area contributed by atoms with Crippen LogP contribution < -0.4 is 30.6 Å². The molecule has 2 aliphatic heterocycles. The molecular formula is C47H52N4O7Si. The Balaban J connectivity index is 1.23. The summed E-state index contributed by atoms with van der Waals surface area (Å²) in [4.78, 5) is 46.1. The van der Waals surface area contributed by atoms with Gasteiger partial charge in [-0.15, -0.1) is 0 Å². The molecule has 0 radical (unpaired) electrons. The van der Waals surface area contributed by atoms with Gasteiger partial charge in [0, 0.05) is 41.5 Å². The van der Waals surface area contributed by atoms with Gasteiger partial charge in [-0.2, -0.15) is 0 Å². The van der Waals surface area contributed by atoms with Gasteiger partial charge in [0.2, 0.25) is 5.91 Å². The van der Waals surface area contributed by atoms with Gasteiger partial charge in [0.1, 0.15) is 11.5 Å². The average molecular weight is 813 g/mol. The summed E-state index contributed by atoms with van der Waals surface area (Å²) in [6, 6.07) is 37.6. The zero-order chi connectivity index (χ0) is 41.9. The van der Waals surface area contributed by atoms with Gasteiger partial charge in [-0.3, -0.25) is 14.4 Å². The maximum absolute atomic E-state index is 15.4. The Labute approximate surface area is 346 Å². The molecule has 59 heavy (non-hydrogen) atoms. The van der Waals surface area contributed by atoms with Crippen LogP contribution in [0.2, 0.25) is 18.6 Å². The molecule has 0 aliphatic carbocycles. The van der Waals surface area contributed by atoms with Crippen LogP contribution in [0.5, 0.6) is 11.5 Å². The maximum Gasteiger partial charge on any atom is 0.264 e. The van der Waals surface area contributed by atoms with Gasteiger partial charge in [0.15, 0.2) is 5.60 Å². The van der Waals surface area contributed by atoms with Crippen LogP contribution in [0.25, 0.3) is 0 Å². The molecular weight excluding hydrogens is 761 g/mol. The first-order chi connectivity index (χ1) is 28.4. The number of nitrogens with zero attached hydrogens (tertiary/aromatic N) is 2. The summed E-state index contributed by atoms with van der Waals surface area (Å²) < 4.78 is 18.5. The van der Waals surface area contributed by atoms with Crippen LogP contribution in [0, 0.1) is 5.92 Å². The Morgan fingerprint density at radius 1 is 0.881 bits per heavy atom. The van der Waals surface area contributed by atoms with Crippen molar-refractivity contribution in [2.75, 3.05) is 43.3 Å². The van der Waals surface area contributed by atoms with Crippen LogP contribution >= 0.6 is 0 Å². The van der Waals surface area contributed by atoms with E-state index in [1.807, 2.05) is 84.9 Å². The minimum absolute atomic E-state index is 0.0340. The number of amides is 3. The lowest BCUT2D eigenvalue weighted by Gasteiger charge is -2.37. The van der Waals surface area contributed by atoms with Gasteiger partial charge in [-0.05, 0) is 83.4 Å². The first-order valence-corrected chi connectivity index (χ1v) is 23.0. The Kier molecular flexibility index (Phi) is 11.9. The largest absolute Gasteiger partial charge is 0.497 e. The molecule has 12 heteroatoms. The highest BCUT2D eigenvalue weighted by Gasteiger charge is 2.66. The molecule has 2 heterocycles. The van der Waals surface area contributed by atoms with Gasteiger partial charge in [0.25, 0.3) is 11.8 Å². The van der Waals surface area contributed by atoms with Crippen LogP contribution in [0.3, 0.4) is 0 Å². The van der Waals surface area contributed by atoms with Crippen molar-refractivity contribution in [1.29, 1.82) is 0 Å². The second kappa shape index (κ2) is 17.1. The molecule has 4 atom stereocenters. The van der Waals surface area contributed by atoms with E-state index in [-0.39, 0.29) is 55.3 Å². The third-order valence-electron chi connectivity index (χ3n) is 12.1. The van der Waals surface area contributed by atoms with Crippen molar-refractivity contribution < 1.29 is 33.7 Å². The smallest absolute Gasteiger partial charge is 0.264 e. The topological polar surface area (TPSA) is 144 Å². The zero-order valence-electron chi connectivity index (χ0n) is 34.2. The van der Waals surface area contributed by atoms with Gasteiger partial charge in [-0.25, -0.2) is 0 Å². The van der Waals surface area contributed by atoms with E-state index >= 15 is 4.79 Å². The third-order valence-corrected chi connectivity index (χ3v) is 16.4. The standard InChI is InChI=1S/C47H52N4O7Si/c1-31-44(59(4,5)39-22-19-37(56-2)20-23-39)42(28-43(53)50(25-26-52)29-32-9-7-6-8-10-32)58-47(31)40-27-38(57-3)21-24-41(40)51(46(47)55)30-33-11-17-36(18-12-33)49-45(54)34-13-15-35(48)16-14-34/h6-24,27,31,42,44,52H,25-26,28-30,48H2,1-5H3,(H,49,54)/t31-,42+,44-,47+/m0/s1. The fourth-order valence-corrected chi connectivity index (χ4v) is 13.0. The molecule has 0 bridgehead atoms. The maximum atomic E-state index is 15.4. The number of aliphatic hydroxyl groups is 1. The van der Waals surface area contributed by atoms with Crippen molar-refractivity contribution in [3.05, 3.63) is 144 Å². The first kappa shape index (κ1) is 41.2. The van der Waals surface area contributed by atoms with Crippen LogP contribution in [0.4, 0.5) is 17.1 Å². The minimum Gasteiger partial charge on any atom is -0.497 e. The highest BCUT2D eigenvalue weighted by atomic mass is 28.3. The van der Waals surface area contributed by atoms with Gasteiger partial charge < -0.3 is 40.2 Å². The monoisotopic (exact) mass is 812 g/mol. The van der Waals surface area contributed by atoms with E-state index in [1.165, 1.54) is 0 Å². The molecule has 1 saturated heterocycles. The summed E-state index contributed by atoms with van der Waals surface area (Å²) in [6.07, 6.45) is -0.586. The van der Waals surface area contributed by atoms with Crippen LogP contribution in [-0.2, 0) is 33.0 Å². The number of fused-ring (bicyclic) bond motifs is 2. The predicted octanol–water partition coefficient (Wildman–Crippen LogP) is 6.71. The number of carbonyl (C=O) groups excluding carboxylic acids is 3. The summed E-state index contributed by atoms with van der Waals surface area (Å²) >= 11 is 0. The van der Waals surface area contributed by atoms with E-state index in [1.54, 1.807) is 48.3 Å². The number of hydrogen-bond acceptors (Lipinski definition) is 8. The van der Waals surface area contributed by atoms with Gasteiger partial charge in [-0.1, -0.05) is 79.8 Å². The van der Waals surface area contributed by atoms with Gasteiger partial charge in [0.05, 0.1) is 53.7 Å². The number of rotatable bonds is 14. The lowest BCUT2D eigenvalue weighted by molar-refractivity contribution is -0.150. The van der Waals surface area contributed by atoms with E-state index in [0.29, 0.717) is 40.5 Å². The molecule has 5 aromatic carbocycles. The number of nitrogens with two attached hydrogens (primary N) is 1. The van der Waals surface area contributed by atoms with Crippen molar-refractivity contribution in [3.8, 4) is 11.5 Å². The number of carbonyl (C=O) groups is 3. The van der Waals surface area contributed by atoms with Crippen LogP contribution in [-0.4, -0.2) is 69.3 Å². The Morgan fingerprint density at radius 3 is 2.19 bits per heavy atom. The fourth-order valence-electron chi connectivity index (χ4n) is 9.01. The second-order valence-electron chi connectivity index (χ2n) is 15.9. The predicted molar refractivity (Wildman–Crippen MR) is 233 cm³/mol. The quantitative estimate of drug-likeness (QED) is 0.0830. The lowest BCUT2D eigenvalue weighted by atomic mass is 9.82. The van der Waals surface area contributed by atoms with Crippen molar-refractivity contribution in [2.45, 2.75) is 56.8 Å². The SMILES string of the molecule is COc1ccc([Si](C)(C)[C@@H]2[C@@H](CC(=O)N(CCO)Cc3ccccc3)O[C@]3(C(=O)N(Cc4ccc(NC(=O)c5ccc(N)cc5)cc4)c4ccc(OC)cc43)[C@H]2C)cc1. The Hall–Kier alpha value is -5.95. The normalized spacial score (nSPS) is 19.7.